The SMILES string of the molecule is COc1cc(/C=C/C(=O)O)cc(S(=O)(=O)Nc2cc(F)ccc2OCC(F)(F)F)c1OC. The van der Waals surface area contributed by atoms with Crippen LogP contribution in [0.2, 0.25) is 0 Å². The molecule has 2 aromatic carbocycles. The van der Waals surface area contributed by atoms with Crippen LogP contribution in [0.5, 0.6) is 17.2 Å². The lowest BCUT2D eigenvalue weighted by Gasteiger charge is -2.17. The first kappa shape index (κ1) is 24.8. The Morgan fingerprint density at radius 2 is 1.81 bits per heavy atom. The normalized spacial score (nSPS) is 11.9. The number of carbonyl (C=O) groups is 1. The lowest BCUT2D eigenvalue weighted by molar-refractivity contribution is -0.153. The third-order valence-electron chi connectivity index (χ3n) is 3.75. The summed E-state index contributed by atoms with van der Waals surface area (Å²) in [5.41, 5.74) is -0.500. The number of ether oxygens (including phenoxy) is 3. The average Bonchev–Trinajstić information content (AvgIpc) is 2.69. The standard InChI is InChI=1S/C19H17F4NO7S/c1-29-15-7-11(3-6-17(25)26)8-16(18(15)30-2)32(27,28)24-13-9-12(20)4-5-14(13)31-10-19(21,22)23/h3-9,24H,10H2,1-2H3,(H,25,26)/b6-3+. The van der Waals surface area contributed by atoms with Gasteiger partial charge in [-0.25, -0.2) is 17.6 Å². The molecule has 2 N–H and O–H groups in total. The highest BCUT2D eigenvalue weighted by molar-refractivity contribution is 7.92. The Kier molecular flexibility index (Phi) is 7.56. The predicted octanol–water partition coefficient (Wildman–Crippen LogP) is 3.68. The summed E-state index contributed by atoms with van der Waals surface area (Å²) in [5.74, 6) is -3.16. The van der Waals surface area contributed by atoms with E-state index in [1.807, 2.05) is 4.72 Å². The van der Waals surface area contributed by atoms with Crippen molar-refractivity contribution in [3.05, 3.63) is 47.8 Å². The van der Waals surface area contributed by atoms with E-state index in [1.165, 1.54) is 13.2 Å². The van der Waals surface area contributed by atoms with Gasteiger partial charge in [0.25, 0.3) is 10.0 Å². The fraction of sp³-hybridized carbons (Fsp3) is 0.211. The minimum absolute atomic E-state index is 0.0757. The maximum Gasteiger partial charge on any atom is 0.422 e. The molecule has 2 aromatic rings. The minimum atomic E-state index is -4.72. The van der Waals surface area contributed by atoms with Crippen LogP contribution in [0.15, 0.2) is 41.3 Å². The van der Waals surface area contributed by atoms with Crippen LogP contribution in [0.1, 0.15) is 5.56 Å². The fourth-order valence-electron chi connectivity index (χ4n) is 2.48. The molecule has 0 bridgehead atoms. The van der Waals surface area contributed by atoms with Gasteiger partial charge in [0.05, 0.1) is 19.9 Å². The Morgan fingerprint density at radius 3 is 2.38 bits per heavy atom. The zero-order chi connectivity index (χ0) is 24.1. The van der Waals surface area contributed by atoms with Crippen LogP contribution in [0.3, 0.4) is 0 Å². The molecule has 2 rings (SSSR count). The Hall–Kier alpha value is -3.48. The van der Waals surface area contributed by atoms with E-state index >= 15 is 0 Å². The highest BCUT2D eigenvalue weighted by atomic mass is 32.2. The van der Waals surface area contributed by atoms with Crippen molar-refractivity contribution in [1.29, 1.82) is 0 Å². The van der Waals surface area contributed by atoms with Crippen LogP contribution in [-0.4, -0.2) is 46.5 Å². The zero-order valence-corrected chi connectivity index (χ0v) is 17.4. The molecule has 0 fully saturated rings. The van der Waals surface area contributed by atoms with Crippen molar-refractivity contribution in [2.45, 2.75) is 11.1 Å². The molecule has 0 aliphatic carbocycles. The van der Waals surface area contributed by atoms with Crippen LogP contribution in [0, 0.1) is 5.82 Å². The van der Waals surface area contributed by atoms with E-state index in [4.69, 9.17) is 14.6 Å². The maximum absolute atomic E-state index is 13.7. The van der Waals surface area contributed by atoms with Gasteiger partial charge in [0, 0.05) is 12.1 Å². The number of alkyl halides is 3. The average molecular weight is 479 g/mol. The van der Waals surface area contributed by atoms with Crippen molar-refractivity contribution in [2.75, 3.05) is 25.5 Å². The van der Waals surface area contributed by atoms with Gasteiger partial charge in [0.1, 0.15) is 16.5 Å². The van der Waals surface area contributed by atoms with Crippen molar-refractivity contribution in [3.63, 3.8) is 0 Å². The molecule has 13 heteroatoms. The largest absolute Gasteiger partial charge is 0.493 e. The summed E-state index contributed by atoms with van der Waals surface area (Å²) >= 11 is 0. The topological polar surface area (TPSA) is 111 Å². The molecule has 0 aliphatic heterocycles. The van der Waals surface area contributed by atoms with Gasteiger partial charge in [-0.05, 0) is 35.9 Å². The Labute approximate surface area is 180 Å². The first-order valence-corrected chi connectivity index (χ1v) is 10.0. The molecule has 32 heavy (non-hydrogen) atoms. The fourth-order valence-corrected chi connectivity index (χ4v) is 3.76. The Morgan fingerprint density at radius 1 is 1.12 bits per heavy atom. The second-order valence-corrected chi connectivity index (χ2v) is 7.73. The molecule has 0 aromatic heterocycles. The number of sulfonamides is 1. The van der Waals surface area contributed by atoms with Crippen LogP contribution in [0.25, 0.3) is 6.08 Å². The number of rotatable bonds is 9. The van der Waals surface area contributed by atoms with Gasteiger partial charge in [-0.15, -0.1) is 0 Å². The number of benzene rings is 2. The number of carboxylic acids is 1. The quantitative estimate of drug-likeness (QED) is 0.417. The van der Waals surface area contributed by atoms with Crippen molar-refractivity contribution in [1.82, 2.24) is 0 Å². The van der Waals surface area contributed by atoms with Crippen molar-refractivity contribution >= 4 is 27.8 Å². The lowest BCUT2D eigenvalue weighted by atomic mass is 10.2. The number of hydrogen-bond acceptors (Lipinski definition) is 6. The zero-order valence-electron chi connectivity index (χ0n) is 16.6. The molecule has 0 heterocycles. The van der Waals surface area contributed by atoms with Gasteiger partial charge in [-0.1, -0.05) is 0 Å². The number of carboxylic acid groups (broad SMARTS) is 1. The summed E-state index contributed by atoms with van der Waals surface area (Å²) in [5, 5.41) is 8.79. The van der Waals surface area contributed by atoms with E-state index in [1.54, 1.807) is 0 Å². The van der Waals surface area contributed by atoms with Crippen LogP contribution < -0.4 is 18.9 Å². The molecule has 8 nitrogen and oxygen atoms in total. The summed E-state index contributed by atoms with van der Waals surface area (Å²) in [6, 6.07) is 4.62. The molecule has 0 spiro atoms. The number of nitrogens with one attached hydrogen (secondary N) is 1. The van der Waals surface area contributed by atoms with Gasteiger partial charge in [-0.3, -0.25) is 4.72 Å². The summed E-state index contributed by atoms with van der Waals surface area (Å²) < 4.78 is 93.9. The smallest absolute Gasteiger partial charge is 0.422 e. The third kappa shape index (κ3) is 6.51. The van der Waals surface area contributed by atoms with Crippen LogP contribution >= 0.6 is 0 Å². The van der Waals surface area contributed by atoms with E-state index in [9.17, 15) is 30.8 Å². The van der Waals surface area contributed by atoms with Crippen molar-refractivity contribution in [3.8, 4) is 17.2 Å². The Balaban J connectivity index is 2.55. The first-order chi connectivity index (χ1) is 14.9. The lowest BCUT2D eigenvalue weighted by Crippen LogP contribution is -2.21. The molecule has 0 saturated heterocycles. The molecule has 0 radical (unpaired) electrons. The summed E-state index contributed by atoms with van der Waals surface area (Å²) in [4.78, 5) is 10.2. The number of aliphatic carboxylic acids is 1. The summed E-state index contributed by atoms with van der Waals surface area (Å²) in [6.45, 7) is -1.74. The third-order valence-corrected chi connectivity index (χ3v) is 5.12. The van der Waals surface area contributed by atoms with E-state index in [0.29, 0.717) is 6.07 Å². The molecular formula is C19H17F4NO7S. The molecule has 0 unspecified atom stereocenters. The maximum atomic E-state index is 13.7. The van der Waals surface area contributed by atoms with Crippen LogP contribution in [-0.2, 0) is 14.8 Å². The number of hydrogen-bond donors (Lipinski definition) is 2. The number of methoxy groups -OCH3 is 2. The predicted molar refractivity (Wildman–Crippen MR) is 105 cm³/mol. The van der Waals surface area contributed by atoms with Crippen molar-refractivity contribution in [2.24, 2.45) is 0 Å². The molecule has 0 atom stereocenters. The second-order valence-electron chi connectivity index (χ2n) is 6.08. The summed E-state index contributed by atoms with van der Waals surface area (Å²) in [7, 11) is -2.25. The minimum Gasteiger partial charge on any atom is -0.493 e. The van der Waals surface area contributed by atoms with Gasteiger partial charge in [0.15, 0.2) is 18.1 Å². The Bertz CT molecular complexity index is 1130. The second kappa shape index (κ2) is 9.77. The van der Waals surface area contributed by atoms with E-state index in [-0.39, 0.29) is 17.1 Å². The van der Waals surface area contributed by atoms with Gasteiger partial charge in [0.2, 0.25) is 0 Å². The van der Waals surface area contributed by atoms with E-state index in [2.05, 4.69) is 4.74 Å². The number of anilines is 1. The van der Waals surface area contributed by atoms with E-state index < -0.39 is 50.9 Å². The molecule has 0 aliphatic rings. The van der Waals surface area contributed by atoms with Crippen LogP contribution in [0.4, 0.5) is 23.2 Å². The molecule has 174 valence electrons. The molecule has 0 saturated carbocycles. The van der Waals surface area contributed by atoms with Gasteiger partial charge < -0.3 is 19.3 Å². The van der Waals surface area contributed by atoms with Gasteiger partial charge in [-0.2, -0.15) is 13.2 Å². The van der Waals surface area contributed by atoms with Gasteiger partial charge >= 0.3 is 12.1 Å². The monoisotopic (exact) mass is 479 g/mol. The summed E-state index contributed by atoms with van der Waals surface area (Å²) in [6.07, 6.45) is -2.88. The first-order valence-electron chi connectivity index (χ1n) is 8.55. The highest BCUT2D eigenvalue weighted by Crippen LogP contribution is 2.38. The van der Waals surface area contributed by atoms with Crippen molar-refractivity contribution < 1.29 is 50.1 Å². The highest BCUT2D eigenvalue weighted by Gasteiger charge is 2.30. The number of halogens is 4. The van der Waals surface area contributed by atoms with E-state index in [0.717, 1.165) is 37.5 Å². The molecular weight excluding hydrogens is 462 g/mol. The molecule has 0 amide bonds.